The monoisotopic (exact) mass is 223 g/mol. The molecule has 0 aromatic heterocycles. The summed E-state index contributed by atoms with van der Waals surface area (Å²) in [5.74, 6) is 0. The third kappa shape index (κ3) is 1.67. The SMILES string of the molecule is Cc1ccc(CC#N)c(C)c1Br. The molecule has 0 bridgehead atoms. The highest BCUT2D eigenvalue weighted by Gasteiger charge is 2.03. The van der Waals surface area contributed by atoms with Crippen molar-refractivity contribution in [2.24, 2.45) is 0 Å². The lowest BCUT2D eigenvalue weighted by Crippen LogP contribution is -1.90. The number of rotatable bonds is 1. The smallest absolute Gasteiger partial charge is 0.0669 e. The zero-order chi connectivity index (χ0) is 9.14. The topological polar surface area (TPSA) is 23.8 Å². The zero-order valence-corrected chi connectivity index (χ0v) is 8.77. The Bertz CT molecular complexity index is 336. The molecule has 0 aliphatic carbocycles. The first kappa shape index (κ1) is 9.28. The molecule has 1 nitrogen and oxygen atoms in total. The molecule has 0 N–H and O–H groups in total. The predicted molar refractivity (Wildman–Crippen MR) is 52.9 cm³/mol. The minimum atomic E-state index is 0.491. The van der Waals surface area contributed by atoms with Gasteiger partial charge in [0.1, 0.15) is 0 Å². The largest absolute Gasteiger partial charge is 0.198 e. The first-order valence-corrected chi connectivity index (χ1v) is 4.57. The molecule has 1 aromatic carbocycles. The zero-order valence-electron chi connectivity index (χ0n) is 7.19. The van der Waals surface area contributed by atoms with Gasteiger partial charge in [0.2, 0.25) is 0 Å². The second kappa shape index (κ2) is 3.73. The second-order valence-corrected chi connectivity index (χ2v) is 3.61. The summed E-state index contributed by atoms with van der Waals surface area (Å²) in [6.45, 7) is 4.08. The Morgan fingerprint density at radius 2 is 2.08 bits per heavy atom. The van der Waals surface area contributed by atoms with Crippen LogP contribution in [0.15, 0.2) is 16.6 Å². The fourth-order valence-corrected chi connectivity index (χ4v) is 1.52. The molecule has 0 radical (unpaired) electrons. The van der Waals surface area contributed by atoms with Crippen molar-refractivity contribution in [3.8, 4) is 6.07 Å². The van der Waals surface area contributed by atoms with Gasteiger partial charge < -0.3 is 0 Å². The van der Waals surface area contributed by atoms with Crippen molar-refractivity contribution in [3.63, 3.8) is 0 Å². The van der Waals surface area contributed by atoms with Crippen LogP contribution >= 0.6 is 15.9 Å². The third-order valence-electron chi connectivity index (χ3n) is 1.96. The third-order valence-corrected chi connectivity index (χ3v) is 3.18. The van der Waals surface area contributed by atoms with Crippen LogP contribution in [0.4, 0.5) is 0 Å². The maximum absolute atomic E-state index is 8.54. The van der Waals surface area contributed by atoms with E-state index in [0.29, 0.717) is 6.42 Å². The quantitative estimate of drug-likeness (QED) is 0.718. The van der Waals surface area contributed by atoms with E-state index in [0.717, 1.165) is 10.0 Å². The molecule has 0 saturated carbocycles. The van der Waals surface area contributed by atoms with Gasteiger partial charge in [-0.05, 0) is 30.5 Å². The van der Waals surface area contributed by atoms with E-state index in [1.165, 1.54) is 11.1 Å². The number of hydrogen-bond donors (Lipinski definition) is 0. The fourth-order valence-electron chi connectivity index (χ4n) is 1.14. The van der Waals surface area contributed by atoms with Gasteiger partial charge >= 0.3 is 0 Å². The molecular formula is C10H10BrN. The van der Waals surface area contributed by atoms with E-state index < -0.39 is 0 Å². The van der Waals surface area contributed by atoms with Gasteiger partial charge in [0, 0.05) is 4.47 Å². The van der Waals surface area contributed by atoms with Gasteiger partial charge in [-0.15, -0.1) is 0 Å². The molecule has 0 atom stereocenters. The van der Waals surface area contributed by atoms with Crippen molar-refractivity contribution in [2.75, 3.05) is 0 Å². The molecule has 0 heterocycles. The average molecular weight is 224 g/mol. The summed E-state index contributed by atoms with van der Waals surface area (Å²) in [7, 11) is 0. The molecule has 1 aromatic rings. The van der Waals surface area contributed by atoms with Crippen molar-refractivity contribution in [2.45, 2.75) is 20.3 Å². The minimum Gasteiger partial charge on any atom is -0.198 e. The van der Waals surface area contributed by atoms with Crippen LogP contribution in [0.5, 0.6) is 0 Å². The lowest BCUT2D eigenvalue weighted by molar-refractivity contribution is 1.18. The van der Waals surface area contributed by atoms with Gasteiger partial charge in [-0.3, -0.25) is 0 Å². The van der Waals surface area contributed by atoms with Gasteiger partial charge in [-0.1, -0.05) is 28.1 Å². The Kier molecular flexibility index (Phi) is 2.88. The molecule has 0 saturated heterocycles. The fraction of sp³-hybridized carbons (Fsp3) is 0.300. The standard InChI is InChI=1S/C10H10BrN/c1-7-3-4-9(5-6-12)8(2)10(7)11/h3-4H,5H2,1-2H3. The Morgan fingerprint density at radius 1 is 1.42 bits per heavy atom. The number of benzene rings is 1. The van der Waals surface area contributed by atoms with Gasteiger partial charge in [0.15, 0.2) is 0 Å². The number of aryl methyl sites for hydroxylation is 1. The maximum atomic E-state index is 8.54. The molecule has 2 heteroatoms. The molecule has 0 unspecified atom stereocenters. The molecule has 0 amide bonds. The van der Waals surface area contributed by atoms with E-state index in [1.54, 1.807) is 0 Å². The number of nitriles is 1. The van der Waals surface area contributed by atoms with Crippen LogP contribution in [0.25, 0.3) is 0 Å². The molecule has 62 valence electrons. The summed E-state index contributed by atoms with van der Waals surface area (Å²) >= 11 is 3.49. The van der Waals surface area contributed by atoms with E-state index in [9.17, 15) is 0 Å². The normalized spacial score (nSPS) is 9.50. The van der Waals surface area contributed by atoms with Crippen LogP contribution in [0.1, 0.15) is 16.7 Å². The lowest BCUT2D eigenvalue weighted by atomic mass is 10.0. The van der Waals surface area contributed by atoms with Crippen molar-refractivity contribution in [3.05, 3.63) is 33.3 Å². The van der Waals surface area contributed by atoms with Crippen molar-refractivity contribution >= 4 is 15.9 Å². The van der Waals surface area contributed by atoms with E-state index in [4.69, 9.17) is 5.26 Å². The van der Waals surface area contributed by atoms with Gasteiger partial charge in [0.25, 0.3) is 0 Å². The molecule has 0 aliphatic rings. The highest BCUT2D eigenvalue weighted by Crippen LogP contribution is 2.23. The minimum absolute atomic E-state index is 0.491. The summed E-state index contributed by atoms with van der Waals surface area (Å²) in [5.41, 5.74) is 3.50. The second-order valence-electron chi connectivity index (χ2n) is 2.82. The number of halogens is 1. The predicted octanol–water partition coefficient (Wildman–Crippen LogP) is 3.13. The Balaban J connectivity index is 3.19. The first-order chi connectivity index (χ1) is 5.66. The molecule has 0 fully saturated rings. The van der Waals surface area contributed by atoms with Crippen molar-refractivity contribution in [1.29, 1.82) is 5.26 Å². The van der Waals surface area contributed by atoms with Crippen LogP contribution < -0.4 is 0 Å². The molecule has 0 spiro atoms. The molecule has 1 rings (SSSR count). The Labute approximate surface area is 81.2 Å². The summed E-state index contributed by atoms with van der Waals surface area (Å²) < 4.78 is 1.12. The summed E-state index contributed by atoms with van der Waals surface area (Å²) in [6, 6.07) is 6.19. The van der Waals surface area contributed by atoms with Gasteiger partial charge in [-0.25, -0.2) is 0 Å². The average Bonchev–Trinajstić information content (AvgIpc) is 2.07. The molecule has 12 heavy (non-hydrogen) atoms. The number of hydrogen-bond acceptors (Lipinski definition) is 1. The number of nitrogens with zero attached hydrogens (tertiary/aromatic N) is 1. The Morgan fingerprint density at radius 3 is 2.67 bits per heavy atom. The lowest BCUT2D eigenvalue weighted by Gasteiger charge is -2.06. The summed E-state index contributed by atoms with van der Waals surface area (Å²) in [5, 5.41) is 8.54. The van der Waals surface area contributed by atoms with Crippen LogP contribution in [-0.2, 0) is 6.42 Å². The van der Waals surface area contributed by atoms with E-state index >= 15 is 0 Å². The van der Waals surface area contributed by atoms with E-state index in [1.807, 2.05) is 26.0 Å². The molecule has 0 aliphatic heterocycles. The summed E-state index contributed by atoms with van der Waals surface area (Å²) in [6.07, 6.45) is 0.491. The summed E-state index contributed by atoms with van der Waals surface area (Å²) in [4.78, 5) is 0. The Hall–Kier alpha value is -0.810. The van der Waals surface area contributed by atoms with Crippen LogP contribution in [0.2, 0.25) is 0 Å². The highest BCUT2D eigenvalue weighted by molar-refractivity contribution is 9.10. The van der Waals surface area contributed by atoms with Crippen LogP contribution in [0, 0.1) is 25.2 Å². The van der Waals surface area contributed by atoms with Gasteiger partial charge in [-0.2, -0.15) is 5.26 Å². The van der Waals surface area contributed by atoms with Gasteiger partial charge in [0.05, 0.1) is 12.5 Å². The van der Waals surface area contributed by atoms with Crippen molar-refractivity contribution < 1.29 is 0 Å². The molecular weight excluding hydrogens is 214 g/mol. The van der Waals surface area contributed by atoms with Crippen LogP contribution in [0.3, 0.4) is 0 Å². The van der Waals surface area contributed by atoms with Crippen LogP contribution in [-0.4, -0.2) is 0 Å². The maximum Gasteiger partial charge on any atom is 0.0669 e. The first-order valence-electron chi connectivity index (χ1n) is 3.78. The van der Waals surface area contributed by atoms with Crippen molar-refractivity contribution in [1.82, 2.24) is 0 Å². The van der Waals surface area contributed by atoms with E-state index in [2.05, 4.69) is 22.0 Å². The van der Waals surface area contributed by atoms with E-state index in [-0.39, 0.29) is 0 Å². The highest BCUT2D eigenvalue weighted by atomic mass is 79.9.